The lowest BCUT2D eigenvalue weighted by Crippen LogP contribution is -2.26. The van der Waals surface area contributed by atoms with E-state index in [0.717, 1.165) is 28.7 Å². The van der Waals surface area contributed by atoms with Crippen LogP contribution in [0.4, 0.5) is 0 Å². The lowest BCUT2D eigenvalue weighted by Gasteiger charge is -2.18. The lowest BCUT2D eigenvalue weighted by molar-refractivity contribution is 0.0785. The fourth-order valence-electron chi connectivity index (χ4n) is 3.86. The van der Waals surface area contributed by atoms with Gasteiger partial charge in [0.2, 0.25) is 0 Å². The van der Waals surface area contributed by atoms with Crippen molar-refractivity contribution >= 4 is 26.7 Å². The summed E-state index contributed by atoms with van der Waals surface area (Å²) in [6.07, 6.45) is 0.735. The molecule has 164 valence electrons. The second-order valence-electron chi connectivity index (χ2n) is 7.79. The van der Waals surface area contributed by atoms with Gasteiger partial charge in [-0.2, -0.15) is 0 Å². The SMILES string of the molecule is CCc1oc2ccccc2c1CN(C)C(=O)c1cccc(CS(=O)(=O)c2ccccc2)c1. The Hall–Kier alpha value is -3.38. The molecule has 0 atom stereocenters. The number of fused-ring (bicyclic) bond motifs is 1. The third-order valence-corrected chi connectivity index (χ3v) is 7.18. The number of hydrogen-bond acceptors (Lipinski definition) is 4. The minimum atomic E-state index is -3.49. The van der Waals surface area contributed by atoms with Gasteiger partial charge in [0.1, 0.15) is 11.3 Å². The molecule has 0 unspecified atom stereocenters. The lowest BCUT2D eigenvalue weighted by atomic mass is 10.1. The summed E-state index contributed by atoms with van der Waals surface area (Å²) in [4.78, 5) is 15.1. The molecular weight excluding hydrogens is 422 g/mol. The summed E-state index contributed by atoms with van der Waals surface area (Å²) >= 11 is 0. The number of aryl methyl sites for hydroxylation is 1. The number of para-hydroxylation sites is 1. The number of sulfone groups is 1. The Kier molecular flexibility index (Phi) is 6.15. The van der Waals surface area contributed by atoms with Gasteiger partial charge in [0.05, 0.1) is 10.6 Å². The van der Waals surface area contributed by atoms with E-state index in [2.05, 4.69) is 0 Å². The molecule has 0 aliphatic carbocycles. The molecule has 4 rings (SSSR count). The molecular formula is C26H25NO4S. The van der Waals surface area contributed by atoms with Gasteiger partial charge in [-0.1, -0.05) is 55.5 Å². The van der Waals surface area contributed by atoms with Crippen LogP contribution in [-0.4, -0.2) is 26.3 Å². The molecule has 3 aromatic carbocycles. The monoisotopic (exact) mass is 447 g/mol. The fourth-order valence-corrected chi connectivity index (χ4v) is 5.22. The van der Waals surface area contributed by atoms with E-state index in [0.29, 0.717) is 17.7 Å². The molecule has 0 N–H and O–H groups in total. The van der Waals surface area contributed by atoms with Crippen LogP contribution in [0.3, 0.4) is 0 Å². The zero-order valence-corrected chi connectivity index (χ0v) is 18.9. The van der Waals surface area contributed by atoms with Crippen LogP contribution in [0.25, 0.3) is 11.0 Å². The van der Waals surface area contributed by atoms with Gasteiger partial charge in [-0.05, 0) is 35.9 Å². The third-order valence-electron chi connectivity index (χ3n) is 5.48. The summed E-state index contributed by atoms with van der Waals surface area (Å²) in [7, 11) is -1.74. The van der Waals surface area contributed by atoms with Crippen molar-refractivity contribution in [3.05, 3.63) is 101 Å². The highest BCUT2D eigenvalue weighted by Gasteiger charge is 2.20. The molecule has 0 fully saturated rings. The minimum absolute atomic E-state index is 0.159. The van der Waals surface area contributed by atoms with Crippen molar-refractivity contribution in [2.75, 3.05) is 7.05 Å². The van der Waals surface area contributed by atoms with E-state index in [4.69, 9.17) is 4.42 Å². The standard InChI is InChI=1S/C26H25NO4S/c1-3-24-23(22-14-7-8-15-25(22)31-24)17-27(2)26(28)20-11-9-10-19(16-20)18-32(29,30)21-12-5-4-6-13-21/h4-16H,3,17-18H2,1-2H3. The van der Waals surface area contributed by atoms with Crippen molar-refractivity contribution in [2.45, 2.75) is 30.5 Å². The largest absolute Gasteiger partial charge is 0.461 e. The Morgan fingerprint density at radius 1 is 0.938 bits per heavy atom. The molecule has 0 saturated carbocycles. The predicted octanol–water partition coefficient (Wildman–Crippen LogP) is 5.24. The third kappa shape index (κ3) is 4.46. The summed E-state index contributed by atoms with van der Waals surface area (Å²) in [5.74, 6) is 0.540. The number of hydrogen-bond donors (Lipinski definition) is 0. The van der Waals surface area contributed by atoms with E-state index in [9.17, 15) is 13.2 Å². The van der Waals surface area contributed by atoms with E-state index in [1.54, 1.807) is 66.5 Å². The highest BCUT2D eigenvalue weighted by Crippen LogP contribution is 2.28. The van der Waals surface area contributed by atoms with Crippen LogP contribution in [0, 0.1) is 0 Å². The van der Waals surface area contributed by atoms with E-state index < -0.39 is 9.84 Å². The molecule has 1 heterocycles. The Labute approximate surface area is 188 Å². The molecule has 1 aromatic heterocycles. The summed E-state index contributed by atoms with van der Waals surface area (Å²) in [6, 6.07) is 23.0. The maximum atomic E-state index is 13.1. The van der Waals surface area contributed by atoms with E-state index in [-0.39, 0.29) is 16.6 Å². The average Bonchev–Trinajstić information content (AvgIpc) is 3.16. The van der Waals surface area contributed by atoms with Crippen LogP contribution in [-0.2, 0) is 28.6 Å². The van der Waals surface area contributed by atoms with Gasteiger partial charge in [-0.25, -0.2) is 8.42 Å². The van der Waals surface area contributed by atoms with Crippen molar-refractivity contribution < 1.29 is 17.6 Å². The Balaban J connectivity index is 1.55. The van der Waals surface area contributed by atoms with Crippen molar-refractivity contribution in [3.63, 3.8) is 0 Å². The van der Waals surface area contributed by atoms with Crippen molar-refractivity contribution in [1.82, 2.24) is 4.90 Å². The van der Waals surface area contributed by atoms with Gasteiger partial charge in [-0.15, -0.1) is 0 Å². The first-order valence-corrected chi connectivity index (χ1v) is 12.2. The van der Waals surface area contributed by atoms with Crippen molar-refractivity contribution in [2.24, 2.45) is 0 Å². The van der Waals surface area contributed by atoms with E-state index >= 15 is 0 Å². The molecule has 1 amide bonds. The second-order valence-corrected chi connectivity index (χ2v) is 9.78. The topological polar surface area (TPSA) is 67.6 Å². The Morgan fingerprint density at radius 3 is 2.41 bits per heavy atom. The van der Waals surface area contributed by atoms with Gasteiger partial charge in [0.15, 0.2) is 9.84 Å². The molecule has 0 aliphatic rings. The molecule has 0 spiro atoms. The molecule has 4 aromatic rings. The zero-order chi connectivity index (χ0) is 22.7. The van der Waals surface area contributed by atoms with Gasteiger partial charge in [0.25, 0.3) is 5.91 Å². The Bertz CT molecular complexity index is 1360. The zero-order valence-electron chi connectivity index (χ0n) is 18.1. The van der Waals surface area contributed by atoms with Crippen molar-refractivity contribution in [1.29, 1.82) is 0 Å². The number of carbonyl (C=O) groups excluding carboxylic acids is 1. The van der Waals surface area contributed by atoms with E-state index in [1.165, 1.54) is 0 Å². The average molecular weight is 448 g/mol. The minimum Gasteiger partial charge on any atom is -0.461 e. The molecule has 0 bridgehead atoms. The first-order chi connectivity index (χ1) is 15.4. The number of rotatable bonds is 7. The van der Waals surface area contributed by atoms with Gasteiger partial charge < -0.3 is 9.32 Å². The van der Waals surface area contributed by atoms with Gasteiger partial charge in [0, 0.05) is 36.5 Å². The number of carbonyl (C=O) groups is 1. The quantitative estimate of drug-likeness (QED) is 0.388. The van der Waals surface area contributed by atoms with Crippen LogP contribution >= 0.6 is 0 Å². The maximum Gasteiger partial charge on any atom is 0.253 e. The van der Waals surface area contributed by atoms with Crippen LogP contribution in [0.2, 0.25) is 0 Å². The summed E-state index contributed by atoms with van der Waals surface area (Å²) in [6.45, 7) is 2.44. The summed E-state index contributed by atoms with van der Waals surface area (Å²) in [5, 5.41) is 1.01. The summed E-state index contributed by atoms with van der Waals surface area (Å²) < 4.78 is 31.4. The molecule has 0 radical (unpaired) electrons. The van der Waals surface area contributed by atoms with Crippen LogP contribution in [0.15, 0.2) is 88.2 Å². The first kappa shape index (κ1) is 21.8. The molecule has 32 heavy (non-hydrogen) atoms. The first-order valence-electron chi connectivity index (χ1n) is 10.5. The molecule has 5 nitrogen and oxygen atoms in total. The second kappa shape index (κ2) is 9.01. The number of amides is 1. The number of benzene rings is 3. The van der Waals surface area contributed by atoms with Crippen LogP contribution in [0.1, 0.15) is 34.2 Å². The molecule has 0 aliphatic heterocycles. The number of nitrogens with zero attached hydrogens (tertiary/aromatic N) is 1. The maximum absolute atomic E-state index is 13.1. The van der Waals surface area contributed by atoms with Crippen LogP contribution < -0.4 is 0 Å². The highest BCUT2D eigenvalue weighted by atomic mass is 32.2. The fraction of sp³-hybridized carbons (Fsp3) is 0.192. The molecule has 6 heteroatoms. The number of furan rings is 1. The normalized spacial score (nSPS) is 11.6. The molecule has 0 saturated heterocycles. The highest BCUT2D eigenvalue weighted by molar-refractivity contribution is 7.90. The van der Waals surface area contributed by atoms with Gasteiger partial charge >= 0.3 is 0 Å². The van der Waals surface area contributed by atoms with Crippen molar-refractivity contribution in [3.8, 4) is 0 Å². The van der Waals surface area contributed by atoms with Crippen LogP contribution in [0.5, 0.6) is 0 Å². The van der Waals surface area contributed by atoms with Gasteiger partial charge in [-0.3, -0.25) is 4.79 Å². The Morgan fingerprint density at radius 2 is 1.66 bits per heavy atom. The predicted molar refractivity (Wildman–Crippen MR) is 125 cm³/mol. The van der Waals surface area contributed by atoms with E-state index in [1.807, 2.05) is 31.2 Å². The summed E-state index contributed by atoms with van der Waals surface area (Å²) in [5.41, 5.74) is 2.85. The smallest absolute Gasteiger partial charge is 0.253 e.